The van der Waals surface area contributed by atoms with Crippen LogP contribution in [0.25, 0.3) is 0 Å². The summed E-state index contributed by atoms with van der Waals surface area (Å²) >= 11 is 0. The van der Waals surface area contributed by atoms with Crippen LogP contribution in [0.3, 0.4) is 0 Å². The molecule has 0 aromatic heterocycles. The largest absolute Gasteiger partial charge is 0.481 e. The fraction of sp³-hybridized carbons (Fsp3) is 0.417. The zero-order valence-corrected chi connectivity index (χ0v) is 10.3. The number of carbonyl (C=O) groups is 1. The quantitative estimate of drug-likeness (QED) is 0.599. The number of rotatable bonds is 6. The van der Waals surface area contributed by atoms with E-state index in [4.69, 9.17) is 5.11 Å². The van der Waals surface area contributed by atoms with Crippen LogP contribution in [0.1, 0.15) is 18.9 Å². The van der Waals surface area contributed by atoms with Crippen LogP contribution in [-0.4, -0.2) is 22.5 Å². The molecule has 1 atom stereocenters. The summed E-state index contributed by atoms with van der Waals surface area (Å²) in [6.45, 7) is 3.87. The molecular formula is C12H16N2O4. The third kappa shape index (κ3) is 3.44. The van der Waals surface area contributed by atoms with Crippen molar-refractivity contribution in [3.63, 3.8) is 0 Å². The second-order valence-corrected chi connectivity index (χ2v) is 4.08. The average molecular weight is 252 g/mol. The molecule has 1 unspecified atom stereocenters. The van der Waals surface area contributed by atoms with Gasteiger partial charge < -0.3 is 10.4 Å². The van der Waals surface area contributed by atoms with Gasteiger partial charge in [0, 0.05) is 24.4 Å². The molecule has 6 heteroatoms. The monoisotopic (exact) mass is 252 g/mol. The number of non-ortho nitro benzene ring substituents is 1. The van der Waals surface area contributed by atoms with Crippen LogP contribution in [0.5, 0.6) is 0 Å². The zero-order valence-electron chi connectivity index (χ0n) is 10.3. The maximum Gasteiger partial charge on any atom is 0.308 e. The van der Waals surface area contributed by atoms with E-state index in [1.165, 1.54) is 12.1 Å². The smallest absolute Gasteiger partial charge is 0.308 e. The first-order valence-electron chi connectivity index (χ1n) is 5.67. The molecule has 0 radical (unpaired) electrons. The number of hydrogen-bond donors (Lipinski definition) is 2. The van der Waals surface area contributed by atoms with Crippen LogP contribution < -0.4 is 5.32 Å². The van der Waals surface area contributed by atoms with Crippen LogP contribution in [-0.2, 0) is 4.79 Å². The van der Waals surface area contributed by atoms with Gasteiger partial charge in [-0.1, -0.05) is 6.92 Å². The third-order valence-electron chi connectivity index (χ3n) is 2.80. The summed E-state index contributed by atoms with van der Waals surface area (Å²) in [5.41, 5.74) is 1.48. The van der Waals surface area contributed by atoms with E-state index < -0.39 is 16.8 Å². The van der Waals surface area contributed by atoms with E-state index in [9.17, 15) is 14.9 Å². The fourth-order valence-electron chi connectivity index (χ4n) is 1.60. The number of nitro benzene ring substituents is 1. The highest BCUT2D eigenvalue weighted by atomic mass is 16.6. The van der Waals surface area contributed by atoms with Crippen molar-refractivity contribution in [2.75, 3.05) is 11.9 Å². The number of benzene rings is 1. The van der Waals surface area contributed by atoms with Gasteiger partial charge in [-0.2, -0.15) is 0 Å². The molecule has 0 heterocycles. The van der Waals surface area contributed by atoms with Crippen molar-refractivity contribution in [2.24, 2.45) is 5.92 Å². The van der Waals surface area contributed by atoms with Gasteiger partial charge in [0.25, 0.3) is 5.69 Å². The minimum absolute atomic E-state index is 0.0309. The molecule has 0 spiro atoms. The fourth-order valence-corrected chi connectivity index (χ4v) is 1.60. The number of nitro groups is 1. The Labute approximate surface area is 105 Å². The number of aliphatic carboxylic acids is 1. The summed E-state index contributed by atoms with van der Waals surface area (Å²) < 4.78 is 0. The van der Waals surface area contributed by atoms with E-state index in [0.29, 0.717) is 13.0 Å². The Morgan fingerprint density at radius 1 is 1.56 bits per heavy atom. The molecule has 0 amide bonds. The third-order valence-corrected chi connectivity index (χ3v) is 2.80. The van der Waals surface area contributed by atoms with E-state index in [0.717, 1.165) is 11.3 Å². The van der Waals surface area contributed by atoms with Gasteiger partial charge in [-0.15, -0.1) is 0 Å². The van der Waals surface area contributed by atoms with Gasteiger partial charge in [0.05, 0.1) is 10.8 Å². The lowest BCUT2D eigenvalue weighted by Crippen LogP contribution is -2.22. The molecule has 18 heavy (non-hydrogen) atoms. The second-order valence-electron chi connectivity index (χ2n) is 4.08. The Kier molecular flexibility index (Phi) is 4.65. The number of nitrogens with one attached hydrogen (secondary N) is 1. The molecule has 0 aliphatic rings. The van der Waals surface area contributed by atoms with Crippen molar-refractivity contribution in [3.8, 4) is 0 Å². The molecular weight excluding hydrogens is 236 g/mol. The minimum Gasteiger partial charge on any atom is -0.481 e. The molecule has 1 aromatic rings. The van der Waals surface area contributed by atoms with Gasteiger partial charge in [-0.3, -0.25) is 14.9 Å². The number of hydrogen-bond acceptors (Lipinski definition) is 4. The molecule has 0 aliphatic carbocycles. The molecule has 0 aliphatic heterocycles. The van der Waals surface area contributed by atoms with Gasteiger partial charge in [0.2, 0.25) is 0 Å². The lowest BCUT2D eigenvalue weighted by Gasteiger charge is -2.13. The van der Waals surface area contributed by atoms with Gasteiger partial charge in [-0.25, -0.2) is 0 Å². The van der Waals surface area contributed by atoms with E-state index in [1.807, 2.05) is 6.92 Å². The van der Waals surface area contributed by atoms with Gasteiger partial charge in [-0.05, 0) is 25.0 Å². The average Bonchev–Trinajstić information content (AvgIpc) is 2.30. The first-order valence-corrected chi connectivity index (χ1v) is 5.67. The van der Waals surface area contributed by atoms with E-state index in [1.54, 1.807) is 13.0 Å². The molecule has 6 nitrogen and oxygen atoms in total. The Hall–Kier alpha value is -2.11. The maximum atomic E-state index is 10.9. The number of nitrogens with zero attached hydrogens (tertiary/aromatic N) is 1. The topological polar surface area (TPSA) is 92.5 Å². The van der Waals surface area contributed by atoms with E-state index in [-0.39, 0.29) is 5.69 Å². The summed E-state index contributed by atoms with van der Waals surface area (Å²) in [5.74, 6) is -1.30. The Morgan fingerprint density at radius 2 is 2.22 bits per heavy atom. The minimum atomic E-state index is -0.843. The van der Waals surface area contributed by atoms with Crippen LogP contribution >= 0.6 is 0 Å². The lowest BCUT2D eigenvalue weighted by molar-refractivity contribution is -0.384. The molecule has 2 N–H and O–H groups in total. The molecule has 98 valence electrons. The van der Waals surface area contributed by atoms with Crippen molar-refractivity contribution in [1.82, 2.24) is 0 Å². The number of carboxylic acid groups (broad SMARTS) is 1. The number of aryl methyl sites for hydroxylation is 1. The highest BCUT2D eigenvalue weighted by Gasteiger charge is 2.15. The predicted molar refractivity (Wildman–Crippen MR) is 67.7 cm³/mol. The Balaban J connectivity index is 2.74. The summed E-state index contributed by atoms with van der Waals surface area (Å²) in [6.07, 6.45) is 0.536. The van der Waals surface area contributed by atoms with Crippen molar-refractivity contribution >= 4 is 17.3 Å². The SMILES string of the molecule is CCC(CNc1ccc([N+](=O)[O-])cc1C)C(=O)O. The normalized spacial score (nSPS) is 11.9. The summed E-state index contributed by atoms with van der Waals surface area (Å²) in [6, 6.07) is 4.46. The molecule has 1 aromatic carbocycles. The number of anilines is 1. The first-order chi connectivity index (χ1) is 8.45. The lowest BCUT2D eigenvalue weighted by atomic mass is 10.1. The highest BCUT2D eigenvalue weighted by molar-refractivity contribution is 5.71. The van der Waals surface area contributed by atoms with Gasteiger partial charge >= 0.3 is 5.97 Å². The molecule has 0 saturated carbocycles. The van der Waals surface area contributed by atoms with Gasteiger partial charge in [0.15, 0.2) is 0 Å². The van der Waals surface area contributed by atoms with Crippen LogP contribution in [0.4, 0.5) is 11.4 Å². The maximum absolute atomic E-state index is 10.9. The second kappa shape index (κ2) is 6.00. The van der Waals surface area contributed by atoms with E-state index in [2.05, 4.69) is 5.32 Å². The Morgan fingerprint density at radius 3 is 2.67 bits per heavy atom. The molecule has 0 bridgehead atoms. The van der Waals surface area contributed by atoms with Crippen LogP contribution in [0, 0.1) is 23.0 Å². The van der Waals surface area contributed by atoms with Crippen molar-refractivity contribution in [1.29, 1.82) is 0 Å². The van der Waals surface area contributed by atoms with Crippen LogP contribution in [0.15, 0.2) is 18.2 Å². The molecule has 1 rings (SSSR count). The highest BCUT2D eigenvalue weighted by Crippen LogP contribution is 2.21. The van der Waals surface area contributed by atoms with Gasteiger partial charge in [0.1, 0.15) is 0 Å². The molecule has 0 fully saturated rings. The van der Waals surface area contributed by atoms with Crippen molar-refractivity contribution < 1.29 is 14.8 Å². The Bertz CT molecular complexity index is 459. The van der Waals surface area contributed by atoms with E-state index >= 15 is 0 Å². The summed E-state index contributed by atoms with van der Waals surface area (Å²) in [4.78, 5) is 21.0. The summed E-state index contributed by atoms with van der Waals surface area (Å²) in [7, 11) is 0. The van der Waals surface area contributed by atoms with Crippen molar-refractivity contribution in [2.45, 2.75) is 20.3 Å². The van der Waals surface area contributed by atoms with Crippen LogP contribution in [0.2, 0.25) is 0 Å². The first kappa shape index (κ1) is 14.0. The zero-order chi connectivity index (χ0) is 13.7. The van der Waals surface area contributed by atoms with Crippen molar-refractivity contribution in [3.05, 3.63) is 33.9 Å². The predicted octanol–water partition coefficient (Wildman–Crippen LogP) is 2.43. The standard InChI is InChI=1S/C12H16N2O4/c1-3-9(12(15)16)7-13-11-5-4-10(14(17)18)6-8(11)2/h4-6,9,13H,3,7H2,1-2H3,(H,15,16). The molecule has 0 saturated heterocycles. The number of carboxylic acids is 1. The summed E-state index contributed by atoms with van der Waals surface area (Å²) in [5, 5.41) is 22.5.